The van der Waals surface area contributed by atoms with Gasteiger partial charge in [0.1, 0.15) is 18.0 Å². The topological polar surface area (TPSA) is 139 Å². The van der Waals surface area contributed by atoms with Crippen LogP contribution in [0.25, 0.3) is 5.57 Å². The summed E-state index contributed by atoms with van der Waals surface area (Å²) in [5, 5.41) is 12.0. The zero-order valence-corrected chi connectivity index (χ0v) is 20.4. The number of amides is 2. The highest BCUT2D eigenvalue weighted by Gasteiger charge is 2.29. The van der Waals surface area contributed by atoms with E-state index in [1.54, 1.807) is 26.5 Å². The summed E-state index contributed by atoms with van der Waals surface area (Å²) in [6, 6.07) is 5.45. The Kier molecular flexibility index (Phi) is 8.53. The Hall–Kier alpha value is -3.90. The number of hydrogen-bond donors (Lipinski definition) is 4. The van der Waals surface area contributed by atoms with Crippen molar-refractivity contribution in [2.24, 2.45) is 0 Å². The number of fused-ring (bicyclic) bond motifs is 2. The number of ether oxygens (including phenoxy) is 3. The standard InChI is InChI=1S/C24H31N7O5/c1-34-11-9-31-8-3-10-36-19-12-16(4-5-18(19)35-2)27-13-17-21-22(26-7-6-25-20(32)14-31)28-15-29-23(21)30-24(17)33/h4-5,12-13,15,27H,3,6-11,14H2,1-2H3,(H,25,32)(H2,26,28,29,30,33)/b17-13-. The molecule has 0 aliphatic carbocycles. The molecule has 2 aromatic rings. The number of nitrogens with zero attached hydrogens (tertiary/aromatic N) is 3. The fourth-order valence-corrected chi connectivity index (χ4v) is 3.93. The van der Waals surface area contributed by atoms with E-state index in [1.807, 2.05) is 17.0 Å². The molecule has 36 heavy (non-hydrogen) atoms. The van der Waals surface area contributed by atoms with E-state index in [0.717, 1.165) is 5.69 Å². The molecule has 0 radical (unpaired) electrons. The Morgan fingerprint density at radius 1 is 1.11 bits per heavy atom. The van der Waals surface area contributed by atoms with Crippen molar-refractivity contribution in [3.8, 4) is 11.5 Å². The van der Waals surface area contributed by atoms with Crippen molar-refractivity contribution < 1.29 is 23.8 Å². The highest BCUT2D eigenvalue weighted by atomic mass is 16.5. The number of nitrogens with one attached hydrogen (secondary N) is 4. The predicted molar refractivity (Wildman–Crippen MR) is 135 cm³/mol. The number of methoxy groups -OCH3 is 2. The number of carbonyl (C=O) groups is 2. The summed E-state index contributed by atoms with van der Waals surface area (Å²) in [6.07, 6.45) is 3.71. The summed E-state index contributed by atoms with van der Waals surface area (Å²) in [7, 11) is 3.22. The molecular weight excluding hydrogens is 466 g/mol. The quantitative estimate of drug-likeness (QED) is 0.486. The Morgan fingerprint density at radius 2 is 1.94 bits per heavy atom. The van der Waals surface area contributed by atoms with Crippen LogP contribution in [0.4, 0.5) is 17.3 Å². The van der Waals surface area contributed by atoms with E-state index in [1.165, 1.54) is 6.33 Å². The van der Waals surface area contributed by atoms with Crippen molar-refractivity contribution in [2.75, 3.05) is 76.1 Å². The van der Waals surface area contributed by atoms with Gasteiger partial charge in [0.2, 0.25) is 5.91 Å². The van der Waals surface area contributed by atoms with Crippen LogP contribution < -0.4 is 30.7 Å². The van der Waals surface area contributed by atoms with Gasteiger partial charge >= 0.3 is 0 Å². The molecule has 3 heterocycles. The van der Waals surface area contributed by atoms with E-state index < -0.39 is 0 Å². The molecule has 192 valence electrons. The number of aromatic nitrogens is 2. The van der Waals surface area contributed by atoms with Crippen LogP contribution in [0.1, 0.15) is 12.0 Å². The average Bonchev–Trinajstić information content (AvgIpc) is 3.21. The molecule has 4 rings (SSSR count). The molecule has 0 atom stereocenters. The Morgan fingerprint density at radius 3 is 2.78 bits per heavy atom. The lowest BCUT2D eigenvalue weighted by Crippen LogP contribution is -2.41. The van der Waals surface area contributed by atoms with Crippen molar-refractivity contribution in [3.63, 3.8) is 0 Å². The van der Waals surface area contributed by atoms with E-state index >= 15 is 0 Å². The average molecular weight is 498 g/mol. The van der Waals surface area contributed by atoms with E-state index in [2.05, 4.69) is 31.2 Å². The van der Waals surface area contributed by atoms with E-state index in [9.17, 15) is 9.59 Å². The van der Waals surface area contributed by atoms with Crippen molar-refractivity contribution >= 4 is 34.7 Å². The van der Waals surface area contributed by atoms with Crippen LogP contribution in [0.2, 0.25) is 0 Å². The second-order valence-electron chi connectivity index (χ2n) is 8.22. The van der Waals surface area contributed by atoms with Crippen molar-refractivity contribution in [3.05, 3.63) is 36.3 Å². The third-order valence-electron chi connectivity index (χ3n) is 5.73. The number of anilines is 3. The second-order valence-corrected chi connectivity index (χ2v) is 8.22. The van der Waals surface area contributed by atoms with Crippen LogP contribution in [0, 0.1) is 0 Å². The molecule has 12 nitrogen and oxygen atoms in total. The molecule has 0 spiro atoms. The Labute approximate surface area is 209 Å². The largest absolute Gasteiger partial charge is 0.493 e. The molecule has 2 bridgehead atoms. The van der Waals surface area contributed by atoms with Gasteiger partial charge < -0.3 is 35.5 Å². The summed E-state index contributed by atoms with van der Waals surface area (Å²) < 4.78 is 16.6. The summed E-state index contributed by atoms with van der Waals surface area (Å²) in [4.78, 5) is 35.7. The van der Waals surface area contributed by atoms with Gasteiger partial charge in [-0.3, -0.25) is 14.5 Å². The normalized spacial score (nSPS) is 18.4. The molecule has 2 aliphatic rings. The summed E-state index contributed by atoms with van der Waals surface area (Å²) in [6.45, 7) is 3.34. The van der Waals surface area contributed by atoms with Crippen LogP contribution in [-0.2, 0) is 14.3 Å². The molecule has 4 N–H and O–H groups in total. The molecule has 12 heteroatoms. The maximum Gasteiger partial charge on any atom is 0.259 e. The maximum absolute atomic E-state index is 12.7. The Bertz CT molecular complexity index is 1120. The van der Waals surface area contributed by atoms with Crippen molar-refractivity contribution in [1.29, 1.82) is 0 Å². The minimum Gasteiger partial charge on any atom is -0.493 e. The van der Waals surface area contributed by atoms with Crippen molar-refractivity contribution in [2.45, 2.75) is 6.42 Å². The van der Waals surface area contributed by atoms with E-state index in [-0.39, 0.29) is 18.4 Å². The lowest BCUT2D eigenvalue weighted by atomic mass is 10.1. The van der Waals surface area contributed by atoms with Crippen molar-refractivity contribution in [1.82, 2.24) is 20.2 Å². The number of benzene rings is 1. The number of carbonyl (C=O) groups excluding carboxylic acids is 2. The molecule has 0 unspecified atom stereocenters. The summed E-state index contributed by atoms with van der Waals surface area (Å²) in [5.74, 6) is 1.71. The highest BCUT2D eigenvalue weighted by Crippen LogP contribution is 2.35. The predicted octanol–water partition coefficient (Wildman–Crippen LogP) is 1.15. The molecule has 0 saturated carbocycles. The van der Waals surface area contributed by atoms with Gasteiger partial charge in [0.15, 0.2) is 11.5 Å². The van der Waals surface area contributed by atoms with Crippen LogP contribution in [0.5, 0.6) is 11.5 Å². The number of rotatable bonds is 4. The first-order chi connectivity index (χ1) is 17.6. The summed E-state index contributed by atoms with van der Waals surface area (Å²) in [5.41, 5.74) is 1.68. The molecule has 2 amide bonds. The van der Waals surface area contributed by atoms with Gasteiger partial charge in [-0.15, -0.1) is 0 Å². The first-order valence-corrected chi connectivity index (χ1v) is 11.7. The van der Waals surface area contributed by atoms with Crippen LogP contribution >= 0.6 is 0 Å². The maximum atomic E-state index is 12.7. The third-order valence-corrected chi connectivity index (χ3v) is 5.73. The minimum absolute atomic E-state index is 0.0874. The lowest BCUT2D eigenvalue weighted by Gasteiger charge is -2.21. The van der Waals surface area contributed by atoms with Crippen LogP contribution in [-0.4, -0.2) is 86.8 Å². The Balaban J connectivity index is 1.60. The van der Waals surface area contributed by atoms with E-state index in [0.29, 0.717) is 80.1 Å². The lowest BCUT2D eigenvalue weighted by molar-refractivity contribution is -0.122. The van der Waals surface area contributed by atoms with Gasteiger partial charge in [0.05, 0.1) is 38.0 Å². The third kappa shape index (κ3) is 6.20. The van der Waals surface area contributed by atoms with Gasteiger partial charge in [-0.2, -0.15) is 0 Å². The first kappa shape index (κ1) is 25.2. The van der Waals surface area contributed by atoms with Gasteiger partial charge in [0.25, 0.3) is 5.91 Å². The first-order valence-electron chi connectivity index (χ1n) is 11.7. The zero-order chi connectivity index (χ0) is 25.3. The molecule has 0 fully saturated rings. The van der Waals surface area contributed by atoms with Crippen LogP contribution in [0.15, 0.2) is 30.7 Å². The molecular formula is C24H31N7O5. The smallest absolute Gasteiger partial charge is 0.259 e. The zero-order valence-electron chi connectivity index (χ0n) is 20.4. The fraction of sp³-hybridized carbons (Fsp3) is 0.417. The molecule has 1 aromatic heterocycles. The fourth-order valence-electron chi connectivity index (χ4n) is 3.93. The second kappa shape index (κ2) is 12.2. The van der Waals surface area contributed by atoms with Crippen LogP contribution in [0.3, 0.4) is 0 Å². The summed E-state index contributed by atoms with van der Waals surface area (Å²) >= 11 is 0. The van der Waals surface area contributed by atoms with Gasteiger partial charge in [-0.1, -0.05) is 0 Å². The highest BCUT2D eigenvalue weighted by molar-refractivity contribution is 6.32. The molecule has 0 saturated heterocycles. The number of hydrogen-bond acceptors (Lipinski definition) is 10. The monoisotopic (exact) mass is 497 g/mol. The van der Waals surface area contributed by atoms with Gasteiger partial charge in [0, 0.05) is 51.2 Å². The minimum atomic E-state index is -0.290. The molecule has 1 aromatic carbocycles. The molecule has 2 aliphatic heterocycles. The van der Waals surface area contributed by atoms with Gasteiger partial charge in [-0.05, 0) is 18.6 Å². The van der Waals surface area contributed by atoms with Gasteiger partial charge in [-0.25, -0.2) is 9.97 Å². The van der Waals surface area contributed by atoms with E-state index in [4.69, 9.17) is 14.2 Å². The SMILES string of the molecule is COCCN1CCCOc2cc(ccc2OC)N/C=C2\C(=O)Nc3ncnc(c32)NCCNC(=O)C1.